The summed E-state index contributed by atoms with van der Waals surface area (Å²) in [5.74, 6) is -0.230. The van der Waals surface area contributed by atoms with Gasteiger partial charge in [-0.2, -0.15) is 5.10 Å². The fourth-order valence-corrected chi connectivity index (χ4v) is 3.22. The van der Waals surface area contributed by atoms with Gasteiger partial charge in [-0.05, 0) is 47.5 Å². The van der Waals surface area contributed by atoms with Crippen LogP contribution >= 0.6 is 11.6 Å². The second kappa shape index (κ2) is 6.69. The van der Waals surface area contributed by atoms with E-state index in [2.05, 4.69) is 0 Å². The second-order valence-electron chi connectivity index (χ2n) is 6.01. The molecule has 0 aliphatic carbocycles. The summed E-state index contributed by atoms with van der Waals surface area (Å²) in [6, 6.07) is 24.4. The van der Waals surface area contributed by atoms with Crippen molar-refractivity contribution in [3.63, 3.8) is 0 Å². The summed E-state index contributed by atoms with van der Waals surface area (Å²) in [7, 11) is 0. The molecule has 1 aliphatic rings. The standard InChI is InChI=1S/C21H16ClFN2/c22-17-10-6-15(7-11-17)20-14-21(16-8-12-18(23)13-9-16)25(24-20)19-4-2-1-3-5-19/h1-13,21H,14H2. The molecule has 1 aliphatic heterocycles. The summed E-state index contributed by atoms with van der Waals surface area (Å²) in [6.45, 7) is 0. The van der Waals surface area contributed by atoms with Crippen LogP contribution in [0.5, 0.6) is 0 Å². The number of rotatable bonds is 3. The molecule has 4 rings (SSSR count). The van der Waals surface area contributed by atoms with Crippen molar-refractivity contribution in [3.05, 3.63) is 101 Å². The number of hydrogen-bond acceptors (Lipinski definition) is 2. The highest BCUT2D eigenvalue weighted by Crippen LogP contribution is 2.36. The van der Waals surface area contributed by atoms with Gasteiger partial charge in [-0.1, -0.05) is 54.1 Å². The van der Waals surface area contributed by atoms with Crippen LogP contribution in [0.4, 0.5) is 10.1 Å². The van der Waals surface area contributed by atoms with Crippen LogP contribution < -0.4 is 5.01 Å². The second-order valence-corrected chi connectivity index (χ2v) is 6.44. The van der Waals surface area contributed by atoms with Gasteiger partial charge < -0.3 is 0 Å². The molecule has 0 saturated heterocycles. The lowest BCUT2D eigenvalue weighted by Gasteiger charge is -2.23. The third-order valence-electron chi connectivity index (χ3n) is 4.36. The Hall–Kier alpha value is -2.65. The largest absolute Gasteiger partial charge is 0.257 e. The third-order valence-corrected chi connectivity index (χ3v) is 4.62. The number of halogens is 2. The number of hydrogen-bond donors (Lipinski definition) is 0. The summed E-state index contributed by atoms with van der Waals surface area (Å²) >= 11 is 6.00. The highest BCUT2D eigenvalue weighted by Gasteiger charge is 2.29. The minimum atomic E-state index is -0.230. The number of nitrogens with zero attached hydrogens (tertiary/aromatic N) is 2. The molecule has 0 radical (unpaired) electrons. The number of hydrazone groups is 1. The van der Waals surface area contributed by atoms with Crippen LogP contribution in [-0.4, -0.2) is 5.71 Å². The summed E-state index contributed by atoms with van der Waals surface area (Å²) in [5.41, 5.74) is 4.10. The maximum absolute atomic E-state index is 13.3. The first-order valence-corrected chi connectivity index (χ1v) is 8.52. The highest BCUT2D eigenvalue weighted by molar-refractivity contribution is 6.30. The lowest BCUT2D eigenvalue weighted by molar-refractivity contribution is 0.624. The van der Waals surface area contributed by atoms with E-state index in [1.165, 1.54) is 12.1 Å². The molecule has 1 unspecified atom stereocenters. The molecule has 4 heteroatoms. The van der Waals surface area contributed by atoms with Crippen LogP contribution in [0.2, 0.25) is 5.02 Å². The van der Waals surface area contributed by atoms with E-state index in [9.17, 15) is 4.39 Å². The predicted octanol–water partition coefficient (Wildman–Crippen LogP) is 5.83. The first kappa shape index (κ1) is 15.9. The van der Waals surface area contributed by atoms with Gasteiger partial charge in [0.15, 0.2) is 0 Å². The molecular formula is C21H16ClFN2. The lowest BCUT2D eigenvalue weighted by atomic mass is 9.98. The van der Waals surface area contributed by atoms with E-state index in [1.807, 2.05) is 71.7 Å². The van der Waals surface area contributed by atoms with Gasteiger partial charge in [-0.3, -0.25) is 5.01 Å². The van der Waals surface area contributed by atoms with Crippen LogP contribution in [0.15, 0.2) is 84.0 Å². The van der Waals surface area contributed by atoms with Crippen molar-refractivity contribution in [3.8, 4) is 0 Å². The van der Waals surface area contributed by atoms with E-state index in [-0.39, 0.29) is 11.9 Å². The van der Waals surface area contributed by atoms with Crippen LogP contribution in [0.3, 0.4) is 0 Å². The van der Waals surface area contributed by atoms with Crippen molar-refractivity contribution in [1.29, 1.82) is 0 Å². The quantitative estimate of drug-likeness (QED) is 0.579. The zero-order chi connectivity index (χ0) is 17.2. The van der Waals surface area contributed by atoms with Crippen LogP contribution in [0, 0.1) is 5.82 Å². The molecule has 25 heavy (non-hydrogen) atoms. The molecule has 1 atom stereocenters. The van der Waals surface area contributed by atoms with Gasteiger partial charge in [0.2, 0.25) is 0 Å². The van der Waals surface area contributed by atoms with E-state index >= 15 is 0 Å². The first-order chi connectivity index (χ1) is 12.2. The Balaban J connectivity index is 1.73. The van der Waals surface area contributed by atoms with Gasteiger partial charge in [0.25, 0.3) is 0 Å². The Morgan fingerprint density at radius 3 is 2.24 bits per heavy atom. The molecule has 3 aromatic carbocycles. The summed E-state index contributed by atoms with van der Waals surface area (Å²) in [6.07, 6.45) is 0.752. The van der Waals surface area contributed by atoms with E-state index in [0.29, 0.717) is 5.02 Å². The summed E-state index contributed by atoms with van der Waals surface area (Å²) in [5, 5.41) is 7.57. The molecular weight excluding hydrogens is 335 g/mol. The molecule has 0 N–H and O–H groups in total. The highest BCUT2D eigenvalue weighted by atomic mass is 35.5. The molecule has 0 saturated carbocycles. The molecule has 0 amide bonds. The van der Waals surface area contributed by atoms with E-state index in [0.717, 1.165) is 28.9 Å². The molecule has 0 bridgehead atoms. The molecule has 0 fully saturated rings. The smallest absolute Gasteiger partial charge is 0.123 e. The Bertz CT molecular complexity index is 889. The summed E-state index contributed by atoms with van der Waals surface area (Å²) in [4.78, 5) is 0. The average Bonchev–Trinajstić information content (AvgIpc) is 3.09. The van der Waals surface area contributed by atoms with E-state index in [4.69, 9.17) is 16.7 Å². The monoisotopic (exact) mass is 350 g/mol. The number of benzene rings is 3. The van der Waals surface area contributed by atoms with Crippen molar-refractivity contribution in [2.45, 2.75) is 12.5 Å². The van der Waals surface area contributed by atoms with Gasteiger partial charge in [0.1, 0.15) is 5.82 Å². The Morgan fingerprint density at radius 1 is 0.880 bits per heavy atom. The molecule has 3 aromatic rings. The SMILES string of the molecule is Fc1ccc(C2CC(c3ccc(Cl)cc3)=NN2c2ccccc2)cc1. The van der Waals surface area contributed by atoms with Crippen LogP contribution in [0.25, 0.3) is 0 Å². The van der Waals surface area contributed by atoms with Crippen LogP contribution in [-0.2, 0) is 0 Å². The Labute approximate surface area is 151 Å². The van der Waals surface area contributed by atoms with Gasteiger partial charge >= 0.3 is 0 Å². The third kappa shape index (κ3) is 3.28. The Morgan fingerprint density at radius 2 is 1.56 bits per heavy atom. The van der Waals surface area contributed by atoms with Crippen molar-refractivity contribution in [1.82, 2.24) is 0 Å². The van der Waals surface area contributed by atoms with Gasteiger partial charge in [-0.15, -0.1) is 0 Å². The molecule has 0 aromatic heterocycles. The predicted molar refractivity (Wildman–Crippen MR) is 101 cm³/mol. The lowest BCUT2D eigenvalue weighted by Crippen LogP contribution is -2.18. The van der Waals surface area contributed by atoms with Crippen molar-refractivity contribution in [2.24, 2.45) is 5.10 Å². The zero-order valence-corrected chi connectivity index (χ0v) is 14.2. The van der Waals surface area contributed by atoms with Crippen molar-refractivity contribution >= 4 is 23.0 Å². The maximum atomic E-state index is 13.3. The molecule has 124 valence electrons. The van der Waals surface area contributed by atoms with Gasteiger partial charge in [0, 0.05) is 11.4 Å². The topological polar surface area (TPSA) is 15.6 Å². The number of para-hydroxylation sites is 1. The molecule has 0 spiro atoms. The molecule has 1 heterocycles. The van der Waals surface area contributed by atoms with Crippen molar-refractivity contribution in [2.75, 3.05) is 5.01 Å². The Kier molecular flexibility index (Phi) is 4.24. The summed E-state index contributed by atoms with van der Waals surface area (Å²) < 4.78 is 13.3. The minimum Gasteiger partial charge on any atom is -0.257 e. The van der Waals surface area contributed by atoms with E-state index in [1.54, 1.807) is 0 Å². The normalized spacial score (nSPS) is 16.8. The first-order valence-electron chi connectivity index (χ1n) is 8.14. The average molecular weight is 351 g/mol. The van der Waals surface area contributed by atoms with Gasteiger partial charge in [-0.25, -0.2) is 4.39 Å². The van der Waals surface area contributed by atoms with E-state index < -0.39 is 0 Å². The van der Waals surface area contributed by atoms with Crippen LogP contribution in [0.1, 0.15) is 23.6 Å². The zero-order valence-electron chi connectivity index (χ0n) is 13.4. The molecule has 2 nitrogen and oxygen atoms in total. The van der Waals surface area contributed by atoms with Gasteiger partial charge in [0.05, 0.1) is 17.4 Å². The van der Waals surface area contributed by atoms with Crippen molar-refractivity contribution < 1.29 is 4.39 Å². The minimum absolute atomic E-state index is 0.0358. The number of anilines is 1. The fourth-order valence-electron chi connectivity index (χ4n) is 3.09. The maximum Gasteiger partial charge on any atom is 0.123 e. The fraction of sp³-hybridized carbons (Fsp3) is 0.0952.